The minimum absolute atomic E-state index is 0.0226. The summed E-state index contributed by atoms with van der Waals surface area (Å²) in [5.41, 5.74) is 0.752. The maximum atomic E-state index is 12.3. The van der Waals surface area contributed by atoms with Crippen LogP contribution in [0.25, 0.3) is 0 Å². The van der Waals surface area contributed by atoms with Crippen molar-refractivity contribution in [3.8, 4) is 11.5 Å². The first kappa shape index (κ1) is 20.4. The number of rotatable bonds is 8. The molecule has 0 aromatic heterocycles. The lowest BCUT2D eigenvalue weighted by molar-refractivity contribution is -0.122. The Balaban J connectivity index is 1.88. The highest BCUT2D eigenvalue weighted by molar-refractivity contribution is 7.91. The SMILES string of the molecule is COc1cc(CN(C)CC(=O)NC2CCS(=O)(=O)C2)ccc1OC(F)F. The number of likely N-dealkylation sites (N-methyl/N-ethyl adjacent to an activating group) is 1. The fourth-order valence-corrected chi connectivity index (χ4v) is 4.47. The highest BCUT2D eigenvalue weighted by atomic mass is 32.2. The van der Waals surface area contributed by atoms with E-state index in [1.165, 1.54) is 13.2 Å². The van der Waals surface area contributed by atoms with Crippen LogP contribution in [0, 0.1) is 0 Å². The molecule has 0 saturated carbocycles. The Labute approximate surface area is 151 Å². The Bertz CT molecular complexity index is 742. The topological polar surface area (TPSA) is 84.9 Å². The molecule has 1 N–H and O–H groups in total. The Morgan fingerprint density at radius 1 is 1.38 bits per heavy atom. The second kappa shape index (κ2) is 8.63. The third-order valence-corrected chi connectivity index (χ3v) is 5.68. The quantitative estimate of drug-likeness (QED) is 0.711. The second-order valence-corrected chi connectivity index (χ2v) is 8.43. The summed E-state index contributed by atoms with van der Waals surface area (Å²) in [6.45, 7) is -2.49. The van der Waals surface area contributed by atoms with E-state index in [1.54, 1.807) is 24.1 Å². The molecule has 10 heteroatoms. The Morgan fingerprint density at radius 3 is 2.69 bits per heavy atom. The maximum absolute atomic E-state index is 12.3. The molecule has 1 atom stereocenters. The molecule has 1 aromatic rings. The zero-order valence-corrected chi connectivity index (χ0v) is 15.4. The summed E-state index contributed by atoms with van der Waals surface area (Å²) in [4.78, 5) is 13.8. The van der Waals surface area contributed by atoms with E-state index in [9.17, 15) is 22.0 Å². The van der Waals surface area contributed by atoms with Crippen LogP contribution < -0.4 is 14.8 Å². The molecule has 1 amide bonds. The van der Waals surface area contributed by atoms with Gasteiger partial charge in [-0.25, -0.2) is 8.42 Å². The molecule has 7 nitrogen and oxygen atoms in total. The predicted molar refractivity (Wildman–Crippen MR) is 91.2 cm³/mol. The molecule has 1 aliphatic rings. The summed E-state index contributed by atoms with van der Waals surface area (Å²) in [6, 6.07) is 4.22. The van der Waals surface area contributed by atoms with Crippen LogP contribution in [0.2, 0.25) is 0 Å². The van der Waals surface area contributed by atoms with Crippen molar-refractivity contribution in [3.63, 3.8) is 0 Å². The van der Waals surface area contributed by atoms with Gasteiger partial charge in [-0.1, -0.05) is 6.07 Å². The van der Waals surface area contributed by atoms with Crippen molar-refractivity contribution >= 4 is 15.7 Å². The Morgan fingerprint density at radius 2 is 2.12 bits per heavy atom. The Hall–Kier alpha value is -1.94. The first-order valence-electron chi connectivity index (χ1n) is 7.98. The fourth-order valence-electron chi connectivity index (χ4n) is 2.80. The molecule has 2 rings (SSSR count). The number of nitrogens with one attached hydrogen (secondary N) is 1. The van der Waals surface area contributed by atoms with Crippen molar-refractivity contribution in [2.75, 3.05) is 32.2 Å². The molecule has 0 aliphatic carbocycles. The molecule has 146 valence electrons. The summed E-state index contributed by atoms with van der Waals surface area (Å²) < 4.78 is 56.9. The molecule has 26 heavy (non-hydrogen) atoms. The minimum Gasteiger partial charge on any atom is -0.493 e. The molecule has 1 aliphatic heterocycles. The first-order chi connectivity index (χ1) is 12.2. The number of ether oxygens (including phenoxy) is 2. The molecule has 1 saturated heterocycles. The highest BCUT2D eigenvalue weighted by Crippen LogP contribution is 2.29. The van der Waals surface area contributed by atoms with E-state index in [4.69, 9.17) is 4.74 Å². The number of halogens is 2. The molecule has 1 fully saturated rings. The van der Waals surface area contributed by atoms with Gasteiger partial charge in [-0.15, -0.1) is 0 Å². The molecule has 0 bridgehead atoms. The summed E-state index contributed by atoms with van der Waals surface area (Å²) in [6.07, 6.45) is 0.431. The third-order valence-electron chi connectivity index (χ3n) is 3.91. The Kier molecular flexibility index (Phi) is 6.76. The molecule has 1 heterocycles. The normalized spacial score (nSPS) is 18.9. The average Bonchev–Trinajstić information content (AvgIpc) is 2.86. The standard InChI is InChI=1S/C16H22F2N2O5S/c1-20(9-15(21)19-12-5-6-26(22,23)10-12)8-11-3-4-13(25-16(17)18)14(7-11)24-2/h3-4,7,12,16H,5-6,8-10H2,1-2H3,(H,19,21). The fraction of sp³-hybridized carbons (Fsp3) is 0.562. The second-order valence-electron chi connectivity index (χ2n) is 6.20. The number of benzene rings is 1. The lowest BCUT2D eigenvalue weighted by Gasteiger charge is -2.19. The van der Waals surface area contributed by atoms with Crippen LogP contribution in [-0.2, 0) is 21.2 Å². The van der Waals surface area contributed by atoms with Crippen LogP contribution >= 0.6 is 0 Å². The smallest absolute Gasteiger partial charge is 0.387 e. The lowest BCUT2D eigenvalue weighted by atomic mass is 10.2. The molecule has 1 aromatic carbocycles. The number of hydrogen-bond acceptors (Lipinski definition) is 6. The van der Waals surface area contributed by atoms with Crippen LogP contribution in [0.5, 0.6) is 11.5 Å². The van der Waals surface area contributed by atoms with Crippen LogP contribution in [0.3, 0.4) is 0 Å². The zero-order valence-electron chi connectivity index (χ0n) is 14.6. The van der Waals surface area contributed by atoms with Gasteiger partial charge in [-0.2, -0.15) is 8.78 Å². The van der Waals surface area contributed by atoms with Gasteiger partial charge in [0.05, 0.1) is 25.2 Å². The van der Waals surface area contributed by atoms with Gasteiger partial charge in [0.15, 0.2) is 21.3 Å². The van der Waals surface area contributed by atoms with Gasteiger partial charge in [0, 0.05) is 12.6 Å². The van der Waals surface area contributed by atoms with Crippen molar-refractivity contribution in [1.29, 1.82) is 0 Å². The van der Waals surface area contributed by atoms with Gasteiger partial charge in [0.25, 0.3) is 0 Å². The van der Waals surface area contributed by atoms with Gasteiger partial charge in [0.1, 0.15) is 0 Å². The van der Waals surface area contributed by atoms with Crippen LogP contribution in [0.1, 0.15) is 12.0 Å². The van der Waals surface area contributed by atoms with Crippen LogP contribution in [0.15, 0.2) is 18.2 Å². The van der Waals surface area contributed by atoms with Crippen molar-refractivity contribution < 1.29 is 31.5 Å². The van der Waals surface area contributed by atoms with Crippen molar-refractivity contribution in [1.82, 2.24) is 10.2 Å². The number of carbonyl (C=O) groups excluding carboxylic acids is 1. The third kappa shape index (κ3) is 6.10. The van der Waals surface area contributed by atoms with E-state index >= 15 is 0 Å². The van der Waals surface area contributed by atoms with Gasteiger partial charge in [0.2, 0.25) is 5.91 Å². The first-order valence-corrected chi connectivity index (χ1v) is 9.80. The number of nitrogens with zero attached hydrogens (tertiary/aromatic N) is 1. The molecule has 1 unspecified atom stereocenters. The van der Waals surface area contributed by atoms with Gasteiger partial charge >= 0.3 is 6.61 Å². The van der Waals surface area contributed by atoms with E-state index in [0.29, 0.717) is 13.0 Å². The van der Waals surface area contributed by atoms with E-state index in [-0.39, 0.29) is 41.5 Å². The van der Waals surface area contributed by atoms with Crippen molar-refractivity contribution in [3.05, 3.63) is 23.8 Å². The molecule has 0 spiro atoms. The molecule has 0 radical (unpaired) electrons. The molecular formula is C16H22F2N2O5S. The highest BCUT2D eigenvalue weighted by Gasteiger charge is 2.29. The number of carbonyl (C=O) groups is 1. The van der Waals surface area contributed by atoms with Gasteiger partial charge in [-0.3, -0.25) is 9.69 Å². The number of alkyl halides is 2. The van der Waals surface area contributed by atoms with E-state index in [0.717, 1.165) is 5.56 Å². The van der Waals surface area contributed by atoms with Crippen LogP contribution in [-0.4, -0.2) is 64.1 Å². The summed E-state index contributed by atoms with van der Waals surface area (Å²) in [5.74, 6) is -0.0728. The average molecular weight is 392 g/mol. The summed E-state index contributed by atoms with van der Waals surface area (Å²) in [7, 11) is 0.0286. The number of methoxy groups -OCH3 is 1. The lowest BCUT2D eigenvalue weighted by Crippen LogP contribution is -2.41. The van der Waals surface area contributed by atoms with Crippen molar-refractivity contribution in [2.24, 2.45) is 0 Å². The summed E-state index contributed by atoms with van der Waals surface area (Å²) >= 11 is 0. The summed E-state index contributed by atoms with van der Waals surface area (Å²) in [5, 5.41) is 2.72. The zero-order chi connectivity index (χ0) is 19.3. The minimum atomic E-state index is -3.05. The number of sulfone groups is 1. The van der Waals surface area contributed by atoms with E-state index in [1.807, 2.05) is 0 Å². The molecular weight excluding hydrogens is 370 g/mol. The van der Waals surface area contributed by atoms with Crippen LogP contribution in [0.4, 0.5) is 8.78 Å². The number of amides is 1. The monoisotopic (exact) mass is 392 g/mol. The van der Waals surface area contributed by atoms with E-state index in [2.05, 4.69) is 10.1 Å². The predicted octanol–water partition coefficient (Wildman–Crippen LogP) is 1.03. The van der Waals surface area contributed by atoms with Gasteiger partial charge in [-0.05, 0) is 31.2 Å². The maximum Gasteiger partial charge on any atom is 0.387 e. The van der Waals surface area contributed by atoms with Gasteiger partial charge < -0.3 is 14.8 Å². The largest absolute Gasteiger partial charge is 0.493 e. The number of hydrogen-bond donors (Lipinski definition) is 1. The van der Waals surface area contributed by atoms with Crippen molar-refractivity contribution in [2.45, 2.75) is 25.6 Å². The van der Waals surface area contributed by atoms with E-state index < -0.39 is 16.4 Å².